The molecule has 0 aliphatic heterocycles. The molecule has 0 atom stereocenters. The van der Waals surface area contributed by atoms with E-state index >= 15 is 0 Å². The second-order valence-electron chi connectivity index (χ2n) is 15.5. The van der Waals surface area contributed by atoms with Crippen molar-refractivity contribution in [2.45, 2.75) is 78.4 Å². The molecule has 0 amide bonds. The number of hydrogen-bond acceptors (Lipinski definition) is 3. The van der Waals surface area contributed by atoms with E-state index in [1.165, 1.54) is 58.7 Å². The molecule has 1 saturated carbocycles. The second kappa shape index (κ2) is 16.2. The van der Waals surface area contributed by atoms with Gasteiger partial charge in [-0.3, -0.25) is 0 Å². The van der Waals surface area contributed by atoms with E-state index in [0.717, 1.165) is 56.8 Å². The number of nitrogens with zero attached hydrogens (tertiary/aromatic N) is 2. The first kappa shape index (κ1) is 37.6. The molecule has 52 heavy (non-hydrogen) atoms. The number of hydrogen-bond donors (Lipinski definition) is 0. The molecule has 3 heterocycles. The van der Waals surface area contributed by atoms with E-state index in [0.29, 0.717) is 5.92 Å². The molecular weight excluding hydrogens is 829 g/mol. The van der Waals surface area contributed by atoms with Crippen LogP contribution in [-0.2, 0) is 26.5 Å². The summed E-state index contributed by atoms with van der Waals surface area (Å²) < 4.78 is 6.41. The van der Waals surface area contributed by atoms with Gasteiger partial charge in [-0.15, -0.1) is 53.6 Å². The fourth-order valence-electron chi connectivity index (χ4n) is 7.54. The first-order valence-electron chi connectivity index (χ1n) is 18.5. The van der Waals surface area contributed by atoms with Crippen molar-refractivity contribution in [1.29, 1.82) is 0 Å². The number of pyridine rings is 2. The molecule has 1 aliphatic rings. The number of rotatable bonds is 7. The van der Waals surface area contributed by atoms with Gasteiger partial charge in [0.15, 0.2) is 0 Å². The summed E-state index contributed by atoms with van der Waals surface area (Å²) in [6.45, 7) is 13.8. The van der Waals surface area contributed by atoms with Gasteiger partial charge < -0.3 is 14.4 Å². The first-order chi connectivity index (χ1) is 24.7. The molecule has 0 spiro atoms. The minimum absolute atomic E-state index is 0. The SMILES string of the molecule is CC(C)c1cc(-c2[c-]cccc2)ncc1[Si](C)(C)C.Cc1c[c-]c(-c2cc(CC3CCCC3)ccn2)c2oc3ccc(-c4ccccc4)cc3c12.[Ir]. The molecule has 1 aliphatic carbocycles. The van der Waals surface area contributed by atoms with Crippen LogP contribution >= 0.6 is 0 Å². The Bertz CT molecular complexity index is 2270. The minimum Gasteiger partial charge on any atom is -0.501 e. The Morgan fingerprint density at radius 1 is 0.827 bits per heavy atom. The number of aromatic nitrogens is 2. The van der Waals surface area contributed by atoms with Gasteiger partial charge in [-0.1, -0.05) is 137 Å². The quantitative estimate of drug-likeness (QED) is 0.118. The Kier molecular flexibility index (Phi) is 11.7. The van der Waals surface area contributed by atoms with E-state index in [1.807, 2.05) is 24.4 Å². The summed E-state index contributed by atoms with van der Waals surface area (Å²) in [5, 5.41) is 3.79. The molecule has 0 bridgehead atoms. The van der Waals surface area contributed by atoms with E-state index < -0.39 is 8.07 Å². The summed E-state index contributed by atoms with van der Waals surface area (Å²) >= 11 is 0. The minimum atomic E-state index is -1.34. The Balaban J connectivity index is 0.000000200. The maximum atomic E-state index is 6.41. The van der Waals surface area contributed by atoms with Crippen molar-refractivity contribution in [2.75, 3.05) is 0 Å². The molecule has 4 aromatic carbocycles. The van der Waals surface area contributed by atoms with Gasteiger partial charge in [0, 0.05) is 37.9 Å². The molecule has 0 unspecified atom stereocenters. The normalized spacial score (nSPS) is 13.3. The summed E-state index contributed by atoms with van der Waals surface area (Å²) in [4.78, 5) is 9.37. The number of fused-ring (bicyclic) bond motifs is 3. The third-order valence-electron chi connectivity index (χ3n) is 10.3. The molecule has 5 heteroatoms. The Morgan fingerprint density at radius 3 is 2.31 bits per heavy atom. The van der Waals surface area contributed by atoms with Crippen molar-refractivity contribution >= 4 is 35.2 Å². The van der Waals surface area contributed by atoms with Gasteiger partial charge in [0.25, 0.3) is 0 Å². The molecule has 1 radical (unpaired) electrons. The first-order valence-corrected chi connectivity index (χ1v) is 22.0. The third kappa shape index (κ3) is 8.23. The van der Waals surface area contributed by atoms with Crippen molar-refractivity contribution in [3.63, 3.8) is 0 Å². The molecular formula is C47H48IrN2OSi-2. The van der Waals surface area contributed by atoms with Crippen molar-refractivity contribution < 1.29 is 24.5 Å². The average Bonchev–Trinajstić information content (AvgIpc) is 3.80. The van der Waals surface area contributed by atoms with Gasteiger partial charge in [-0.05, 0) is 64.2 Å². The van der Waals surface area contributed by atoms with Gasteiger partial charge >= 0.3 is 0 Å². The maximum Gasteiger partial charge on any atom is 0.121 e. The van der Waals surface area contributed by atoms with Crippen molar-refractivity contribution in [3.05, 3.63) is 138 Å². The number of furan rings is 1. The molecule has 3 nitrogen and oxygen atoms in total. The van der Waals surface area contributed by atoms with Crippen LogP contribution in [0.1, 0.15) is 62.1 Å². The summed E-state index contributed by atoms with van der Waals surface area (Å²) in [6, 6.07) is 40.5. The van der Waals surface area contributed by atoms with E-state index in [-0.39, 0.29) is 20.1 Å². The van der Waals surface area contributed by atoms with Crippen LogP contribution in [0.25, 0.3) is 55.6 Å². The molecule has 7 aromatic rings. The van der Waals surface area contributed by atoms with E-state index in [4.69, 9.17) is 9.40 Å². The molecule has 3 aromatic heterocycles. The standard InChI is InChI=1S/C30H26NO.C17H22NSi.Ir/c1-20-11-13-25(27-18-22(15-16-31-27)17-21-7-5-6-8-21)30-29(20)26-19-24(12-14-28(26)32-30)23-9-3-2-4-10-23;1-13(2)15-11-16(14-9-7-6-8-10-14)18-12-17(15)19(3,4)5;/h2-4,9-12,14-16,18-19,21H,5-8,17H2,1H3;6-9,11-13H,1-5H3;/q2*-1;. The zero-order chi connectivity index (χ0) is 35.5. The van der Waals surface area contributed by atoms with Crippen LogP contribution in [0.3, 0.4) is 0 Å². The van der Waals surface area contributed by atoms with E-state index in [2.05, 4.69) is 143 Å². The third-order valence-corrected chi connectivity index (χ3v) is 12.3. The average molecular weight is 877 g/mol. The van der Waals surface area contributed by atoms with Crippen molar-refractivity contribution in [3.8, 4) is 33.6 Å². The molecule has 0 saturated heterocycles. The summed E-state index contributed by atoms with van der Waals surface area (Å²) in [5.41, 5.74) is 12.2. The van der Waals surface area contributed by atoms with E-state index in [1.54, 1.807) is 0 Å². The Morgan fingerprint density at radius 2 is 1.60 bits per heavy atom. The summed E-state index contributed by atoms with van der Waals surface area (Å²) in [6.07, 6.45) is 10.6. The fourth-order valence-corrected chi connectivity index (χ4v) is 9.22. The second-order valence-corrected chi connectivity index (χ2v) is 20.5. The predicted octanol–water partition coefficient (Wildman–Crippen LogP) is 12.4. The smallest absolute Gasteiger partial charge is 0.121 e. The van der Waals surface area contributed by atoms with Gasteiger partial charge in [0.2, 0.25) is 0 Å². The Labute approximate surface area is 324 Å². The van der Waals surface area contributed by atoms with Crippen LogP contribution in [0.5, 0.6) is 0 Å². The van der Waals surface area contributed by atoms with Gasteiger partial charge in [0.05, 0.1) is 13.7 Å². The Hall–Kier alpha value is -4.15. The number of benzene rings is 4. The number of aryl methyl sites for hydroxylation is 1. The fraction of sp³-hybridized carbons (Fsp3) is 0.277. The van der Waals surface area contributed by atoms with Gasteiger partial charge in [-0.2, -0.15) is 0 Å². The van der Waals surface area contributed by atoms with E-state index in [9.17, 15) is 0 Å². The monoisotopic (exact) mass is 877 g/mol. The van der Waals surface area contributed by atoms with Gasteiger partial charge in [0.1, 0.15) is 5.58 Å². The molecule has 267 valence electrons. The molecule has 8 rings (SSSR count). The summed E-state index contributed by atoms with van der Waals surface area (Å²) in [5.74, 6) is 1.35. The summed E-state index contributed by atoms with van der Waals surface area (Å²) in [7, 11) is -1.34. The van der Waals surface area contributed by atoms with Crippen molar-refractivity contribution in [1.82, 2.24) is 9.97 Å². The predicted molar refractivity (Wildman–Crippen MR) is 217 cm³/mol. The van der Waals surface area contributed by atoms with Crippen LogP contribution in [0.4, 0.5) is 0 Å². The zero-order valence-corrected chi connectivity index (χ0v) is 34.6. The van der Waals surface area contributed by atoms with Gasteiger partial charge in [-0.25, -0.2) is 0 Å². The molecule has 1 fully saturated rings. The van der Waals surface area contributed by atoms with Crippen molar-refractivity contribution in [2.24, 2.45) is 5.92 Å². The largest absolute Gasteiger partial charge is 0.501 e. The maximum absolute atomic E-state index is 6.41. The topological polar surface area (TPSA) is 38.9 Å². The van der Waals surface area contributed by atoms with Crippen LogP contribution in [0.2, 0.25) is 19.6 Å². The van der Waals surface area contributed by atoms with Crippen LogP contribution in [-0.4, -0.2) is 18.0 Å². The van der Waals surface area contributed by atoms with Crippen LogP contribution in [0.15, 0.2) is 114 Å². The van der Waals surface area contributed by atoms with Crippen LogP contribution in [0, 0.1) is 25.0 Å². The van der Waals surface area contributed by atoms with Crippen LogP contribution < -0.4 is 5.19 Å². The zero-order valence-electron chi connectivity index (χ0n) is 31.2. The molecule has 0 N–H and O–H groups in total.